The van der Waals surface area contributed by atoms with Gasteiger partial charge in [-0.1, -0.05) is 12.1 Å². The Balaban J connectivity index is 1.77. The molecule has 3 aromatic rings. The number of aromatic nitrogens is 1. The summed E-state index contributed by atoms with van der Waals surface area (Å²) in [7, 11) is 1.49. The van der Waals surface area contributed by atoms with E-state index < -0.39 is 51.0 Å². The van der Waals surface area contributed by atoms with Crippen LogP contribution in [-0.2, 0) is 13.1 Å². The molecule has 0 unspecified atom stereocenters. The van der Waals surface area contributed by atoms with Crippen LogP contribution >= 0.6 is 0 Å². The molecule has 0 spiro atoms. The van der Waals surface area contributed by atoms with E-state index in [1.165, 1.54) is 16.6 Å². The van der Waals surface area contributed by atoms with Gasteiger partial charge in [-0.2, -0.15) is 0 Å². The summed E-state index contributed by atoms with van der Waals surface area (Å²) in [5.74, 6) is -5.16. The summed E-state index contributed by atoms with van der Waals surface area (Å²) in [4.78, 5) is 25.4. The Bertz CT molecular complexity index is 1330. The van der Waals surface area contributed by atoms with Crippen molar-refractivity contribution < 1.29 is 27.8 Å². The number of rotatable bonds is 4. The summed E-state index contributed by atoms with van der Waals surface area (Å²) in [5.41, 5.74) is -1.42. The van der Waals surface area contributed by atoms with Crippen LogP contribution in [0.25, 0.3) is 10.9 Å². The predicted octanol–water partition coefficient (Wildman–Crippen LogP) is 3.98. The van der Waals surface area contributed by atoms with Crippen molar-refractivity contribution in [3.63, 3.8) is 0 Å². The van der Waals surface area contributed by atoms with Gasteiger partial charge in [-0.3, -0.25) is 4.79 Å². The third kappa shape index (κ3) is 2.79. The van der Waals surface area contributed by atoms with Gasteiger partial charge in [0.1, 0.15) is 17.0 Å². The van der Waals surface area contributed by atoms with Gasteiger partial charge in [-0.15, -0.1) is 0 Å². The van der Waals surface area contributed by atoms with Crippen molar-refractivity contribution in [2.75, 3.05) is 12.0 Å². The molecule has 2 heterocycles. The molecule has 1 saturated carbocycles. The minimum atomic E-state index is -1.58. The summed E-state index contributed by atoms with van der Waals surface area (Å²) in [6.07, 6.45) is 2.27. The molecule has 1 fully saturated rings. The van der Waals surface area contributed by atoms with E-state index in [-0.39, 0.29) is 19.1 Å². The number of hydrogen-bond acceptors (Lipinski definition) is 4. The van der Waals surface area contributed by atoms with E-state index in [0.717, 1.165) is 17.3 Å². The van der Waals surface area contributed by atoms with Crippen LogP contribution in [-0.4, -0.2) is 22.8 Å². The van der Waals surface area contributed by atoms with Crippen molar-refractivity contribution >= 4 is 22.6 Å². The summed E-state index contributed by atoms with van der Waals surface area (Å²) in [6, 6.07) is 5.01. The molecule has 2 aromatic carbocycles. The molecule has 31 heavy (non-hydrogen) atoms. The van der Waals surface area contributed by atoms with Crippen LogP contribution in [0.4, 0.5) is 18.9 Å². The first-order valence-corrected chi connectivity index (χ1v) is 9.71. The van der Waals surface area contributed by atoms with E-state index in [1.807, 2.05) is 0 Å². The predicted molar refractivity (Wildman–Crippen MR) is 106 cm³/mol. The van der Waals surface area contributed by atoms with Gasteiger partial charge in [0.15, 0.2) is 17.5 Å². The van der Waals surface area contributed by atoms with Gasteiger partial charge >= 0.3 is 5.97 Å². The monoisotopic (exact) mass is 430 g/mol. The summed E-state index contributed by atoms with van der Waals surface area (Å²) in [5, 5.41) is 8.44. The second-order valence-electron chi connectivity index (χ2n) is 7.78. The number of hydrogen-bond donors (Lipinski definition) is 1. The molecule has 160 valence electrons. The third-order valence-electron chi connectivity index (χ3n) is 5.92. The Labute approximate surface area is 174 Å². The van der Waals surface area contributed by atoms with E-state index in [4.69, 9.17) is 4.74 Å². The number of pyridine rings is 1. The fourth-order valence-corrected chi connectivity index (χ4v) is 4.29. The summed E-state index contributed by atoms with van der Waals surface area (Å²) < 4.78 is 52.6. The Hall–Kier alpha value is -3.49. The highest BCUT2D eigenvalue weighted by Gasteiger charge is 2.35. The van der Waals surface area contributed by atoms with Crippen LogP contribution < -0.4 is 15.1 Å². The average molecular weight is 430 g/mol. The number of halogens is 3. The lowest BCUT2D eigenvalue weighted by Gasteiger charge is -2.22. The van der Waals surface area contributed by atoms with Crippen LogP contribution in [0, 0.1) is 17.5 Å². The van der Waals surface area contributed by atoms with Crippen molar-refractivity contribution in [3.8, 4) is 5.75 Å². The highest BCUT2D eigenvalue weighted by atomic mass is 19.2. The summed E-state index contributed by atoms with van der Waals surface area (Å²) >= 11 is 0. The van der Waals surface area contributed by atoms with Crippen molar-refractivity contribution in [2.45, 2.75) is 32.0 Å². The average Bonchev–Trinajstić information content (AvgIpc) is 3.49. The zero-order chi connectivity index (χ0) is 22.0. The summed E-state index contributed by atoms with van der Waals surface area (Å²) in [6.45, 7) is 0.227. The van der Waals surface area contributed by atoms with E-state index in [9.17, 15) is 14.7 Å². The second-order valence-corrected chi connectivity index (χ2v) is 7.78. The van der Waals surface area contributed by atoms with Gasteiger partial charge in [0, 0.05) is 30.9 Å². The zero-order valence-corrected chi connectivity index (χ0v) is 16.4. The topological polar surface area (TPSA) is 71.8 Å². The van der Waals surface area contributed by atoms with E-state index in [0.29, 0.717) is 18.6 Å². The number of aromatic carboxylic acids is 1. The zero-order valence-electron chi connectivity index (χ0n) is 16.4. The molecule has 1 N–H and O–H groups in total. The number of fused-ring (bicyclic) bond motifs is 2. The van der Waals surface area contributed by atoms with E-state index >= 15 is 13.2 Å². The van der Waals surface area contributed by atoms with Crippen LogP contribution in [0.3, 0.4) is 0 Å². The number of ether oxygens (including phenoxy) is 1. The first-order chi connectivity index (χ1) is 14.8. The van der Waals surface area contributed by atoms with Crippen molar-refractivity contribution in [2.24, 2.45) is 0 Å². The Morgan fingerprint density at radius 3 is 2.52 bits per heavy atom. The van der Waals surface area contributed by atoms with Crippen molar-refractivity contribution in [3.05, 3.63) is 68.8 Å². The van der Waals surface area contributed by atoms with Gasteiger partial charge in [0.25, 0.3) is 0 Å². The molecule has 9 heteroatoms. The lowest BCUT2D eigenvalue weighted by molar-refractivity contribution is 0.0694. The number of anilines is 1. The molecule has 6 nitrogen and oxygen atoms in total. The lowest BCUT2D eigenvalue weighted by Crippen LogP contribution is -2.24. The van der Waals surface area contributed by atoms with E-state index in [1.54, 1.807) is 18.2 Å². The maximum absolute atomic E-state index is 15.7. The number of nitrogens with zero attached hydrogens (tertiary/aromatic N) is 2. The van der Waals surface area contributed by atoms with E-state index in [2.05, 4.69) is 0 Å². The van der Waals surface area contributed by atoms with Crippen LogP contribution in [0.15, 0.2) is 29.2 Å². The standard InChI is InChI=1S/C22H17F3N2O4/c1-31-14-4-2-3-10-7-26(8-12(10)14)20-17(24)16(23)15-19(18(20)25)27(11-5-6-11)9-13(21(15)28)22(29)30/h2-4,9,11H,5-8H2,1H3,(H,29,30). The number of benzene rings is 2. The lowest BCUT2D eigenvalue weighted by atomic mass is 10.1. The van der Waals surface area contributed by atoms with Crippen LogP contribution in [0.1, 0.15) is 40.4 Å². The van der Waals surface area contributed by atoms with Crippen LogP contribution in [0.2, 0.25) is 0 Å². The largest absolute Gasteiger partial charge is 0.496 e. The minimum absolute atomic E-state index is 0.0962. The number of carboxylic acids is 1. The second kappa shape index (κ2) is 6.76. The Morgan fingerprint density at radius 1 is 1.13 bits per heavy atom. The van der Waals surface area contributed by atoms with Crippen molar-refractivity contribution in [1.29, 1.82) is 0 Å². The molecule has 1 aliphatic carbocycles. The first-order valence-electron chi connectivity index (χ1n) is 9.71. The smallest absolute Gasteiger partial charge is 0.341 e. The number of methoxy groups -OCH3 is 1. The quantitative estimate of drug-likeness (QED) is 0.634. The fraction of sp³-hybridized carbons (Fsp3) is 0.273. The maximum atomic E-state index is 15.7. The Morgan fingerprint density at radius 2 is 1.87 bits per heavy atom. The van der Waals surface area contributed by atoms with Crippen LogP contribution in [0.5, 0.6) is 5.75 Å². The molecular formula is C22H17F3N2O4. The fourth-order valence-electron chi connectivity index (χ4n) is 4.29. The molecule has 0 bridgehead atoms. The van der Waals surface area contributed by atoms with Crippen molar-refractivity contribution in [1.82, 2.24) is 4.57 Å². The number of carbonyl (C=O) groups is 1. The van der Waals surface area contributed by atoms with Gasteiger partial charge in [-0.25, -0.2) is 18.0 Å². The Kier molecular flexibility index (Phi) is 4.25. The molecule has 0 saturated heterocycles. The highest BCUT2D eigenvalue weighted by Crippen LogP contribution is 2.42. The minimum Gasteiger partial charge on any atom is -0.496 e. The molecule has 0 radical (unpaired) electrons. The normalized spacial score (nSPS) is 15.4. The molecule has 2 aliphatic rings. The van der Waals surface area contributed by atoms with Gasteiger partial charge in [-0.05, 0) is 24.5 Å². The SMILES string of the molecule is COc1cccc2c1CN(c1c(F)c(F)c3c(=O)c(C(=O)O)cn(C4CC4)c3c1F)C2. The number of carboxylic acid groups (broad SMARTS) is 1. The molecular weight excluding hydrogens is 413 g/mol. The molecule has 5 rings (SSSR count). The molecule has 1 aromatic heterocycles. The molecule has 0 amide bonds. The third-order valence-corrected chi connectivity index (χ3v) is 5.92. The van der Waals surface area contributed by atoms with Gasteiger partial charge in [0.05, 0.1) is 18.0 Å². The maximum Gasteiger partial charge on any atom is 0.341 e. The first kappa shape index (κ1) is 19.5. The molecule has 0 atom stereocenters. The molecule has 1 aliphatic heterocycles. The van der Waals surface area contributed by atoms with Gasteiger partial charge < -0.3 is 19.3 Å². The van der Waals surface area contributed by atoms with Gasteiger partial charge in [0.2, 0.25) is 5.43 Å². The highest BCUT2D eigenvalue weighted by molar-refractivity contribution is 5.94.